The molecule has 8 rings (SSSR count). The molecule has 2 heterocycles. The fourth-order valence-corrected chi connectivity index (χ4v) is 6.48. The Hall–Kier alpha value is -5.02. The molecular weight excluding hydrogens is 486 g/mol. The number of fused-ring (bicyclic) bond motifs is 6. The molecule has 0 atom stereocenters. The van der Waals surface area contributed by atoms with Gasteiger partial charge in [-0.05, 0) is 63.2 Å². The number of hydrogen-bond acceptors (Lipinski definition) is 2. The number of aromatic nitrogens is 3. The normalized spacial score (nSPS) is 13.4. The van der Waals surface area contributed by atoms with Gasteiger partial charge in [-0.3, -0.25) is 4.57 Å². The van der Waals surface area contributed by atoms with Crippen LogP contribution in [-0.2, 0) is 5.41 Å². The number of benzene rings is 5. The molecule has 7 aromatic rings. The zero-order valence-corrected chi connectivity index (χ0v) is 22.5. The molecule has 0 saturated heterocycles. The van der Waals surface area contributed by atoms with Crippen molar-refractivity contribution in [1.82, 2.24) is 14.5 Å². The Kier molecular flexibility index (Phi) is 4.86. The highest BCUT2D eigenvalue weighted by molar-refractivity contribution is 6.10. The first-order valence-corrected chi connectivity index (χ1v) is 13.8. The molecule has 0 bridgehead atoms. The smallest absolute Gasteiger partial charge is 0.234 e. The first-order valence-electron chi connectivity index (χ1n) is 13.8. The molecular formula is C37H27N3. The van der Waals surface area contributed by atoms with Gasteiger partial charge in [0.15, 0.2) is 0 Å². The third-order valence-corrected chi connectivity index (χ3v) is 8.53. The number of nitrogens with zero attached hydrogens (tertiary/aromatic N) is 3. The Morgan fingerprint density at radius 1 is 0.500 bits per heavy atom. The van der Waals surface area contributed by atoms with Gasteiger partial charge >= 0.3 is 0 Å². The van der Waals surface area contributed by atoms with E-state index >= 15 is 0 Å². The summed E-state index contributed by atoms with van der Waals surface area (Å²) < 4.78 is 2.17. The van der Waals surface area contributed by atoms with Crippen LogP contribution in [-0.4, -0.2) is 14.5 Å². The Morgan fingerprint density at radius 2 is 1.15 bits per heavy atom. The molecule has 3 nitrogen and oxygen atoms in total. The maximum absolute atomic E-state index is 4.80. The zero-order chi connectivity index (χ0) is 26.8. The van der Waals surface area contributed by atoms with Gasteiger partial charge in [0.1, 0.15) is 0 Å². The maximum atomic E-state index is 4.80. The van der Waals surface area contributed by atoms with Crippen LogP contribution >= 0.6 is 0 Å². The average Bonchev–Trinajstić information content (AvgIpc) is 3.46. The van der Waals surface area contributed by atoms with Gasteiger partial charge in [-0.15, -0.1) is 0 Å². The lowest BCUT2D eigenvalue weighted by Crippen LogP contribution is -2.14. The van der Waals surface area contributed by atoms with Crippen molar-refractivity contribution in [3.05, 3.63) is 139 Å². The lowest BCUT2D eigenvalue weighted by molar-refractivity contribution is 0.660. The Balaban J connectivity index is 1.27. The van der Waals surface area contributed by atoms with Crippen molar-refractivity contribution in [3.63, 3.8) is 0 Å². The highest BCUT2D eigenvalue weighted by atomic mass is 15.1. The highest BCUT2D eigenvalue weighted by Crippen LogP contribution is 2.49. The van der Waals surface area contributed by atoms with Crippen molar-refractivity contribution in [1.29, 1.82) is 0 Å². The molecule has 3 heteroatoms. The first kappa shape index (κ1) is 22.9. The van der Waals surface area contributed by atoms with Crippen LogP contribution in [0.1, 0.15) is 25.0 Å². The molecule has 0 aliphatic heterocycles. The van der Waals surface area contributed by atoms with Gasteiger partial charge in [0.05, 0.1) is 11.0 Å². The minimum atomic E-state index is 0.0118. The van der Waals surface area contributed by atoms with Crippen molar-refractivity contribution < 1.29 is 0 Å². The molecule has 40 heavy (non-hydrogen) atoms. The summed E-state index contributed by atoms with van der Waals surface area (Å²) in [6, 6.07) is 41.3. The summed E-state index contributed by atoms with van der Waals surface area (Å²) in [6.45, 7) is 4.65. The molecule has 0 saturated carbocycles. The van der Waals surface area contributed by atoms with Gasteiger partial charge in [-0.1, -0.05) is 105 Å². The van der Waals surface area contributed by atoms with Crippen LogP contribution in [0.15, 0.2) is 128 Å². The molecule has 2 aromatic heterocycles. The summed E-state index contributed by atoms with van der Waals surface area (Å²) in [4.78, 5) is 9.61. The van der Waals surface area contributed by atoms with Crippen LogP contribution < -0.4 is 0 Å². The molecule has 0 fully saturated rings. The van der Waals surface area contributed by atoms with E-state index in [1.807, 2.05) is 30.6 Å². The van der Waals surface area contributed by atoms with Gasteiger partial charge < -0.3 is 0 Å². The van der Waals surface area contributed by atoms with Crippen molar-refractivity contribution in [2.45, 2.75) is 19.3 Å². The van der Waals surface area contributed by atoms with Crippen LogP contribution in [0.25, 0.3) is 61.1 Å². The third-order valence-electron chi connectivity index (χ3n) is 8.53. The van der Waals surface area contributed by atoms with E-state index in [1.54, 1.807) is 0 Å². The topological polar surface area (TPSA) is 30.7 Å². The maximum Gasteiger partial charge on any atom is 0.234 e. The van der Waals surface area contributed by atoms with E-state index in [-0.39, 0.29) is 5.41 Å². The van der Waals surface area contributed by atoms with Crippen molar-refractivity contribution in [3.8, 4) is 39.3 Å². The Bertz CT molecular complexity index is 2070. The fourth-order valence-electron chi connectivity index (χ4n) is 6.48. The summed E-state index contributed by atoms with van der Waals surface area (Å²) in [5.74, 6) is 0.676. The van der Waals surface area contributed by atoms with E-state index in [0.717, 1.165) is 22.2 Å². The fraction of sp³-hybridized carbons (Fsp3) is 0.0811. The molecule has 5 aromatic carbocycles. The minimum absolute atomic E-state index is 0.0118. The van der Waals surface area contributed by atoms with Crippen LogP contribution in [0.3, 0.4) is 0 Å². The van der Waals surface area contributed by atoms with Gasteiger partial charge in [0.2, 0.25) is 5.95 Å². The van der Waals surface area contributed by atoms with Crippen LogP contribution in [0, 0.1) is 0 Å². The van der Waals surface area contributed by atoms with E-state index in [9.17, 15) is 0 Å². The van der Waals surface area contributed by atoms with E-state index < -0.39 is 0 Å². The van der Waals surface area contributed by atoms with Gasteiger partial charge in [-0.25, -0.2) is 9.97 Å². The standard InChI is InChI=1S/C37H27N3/c1-37(2)32-14-8-6-12-28(32)30-20-25(16-18-33(30)37)26-17-19-35-31(21-26)29-13-7-9-15-34(29)40(35)36-38-22-27(23-39-36)24-10-4-3-5-11-24/h3-23H,1-2H3. The second kappa shape index (κ2) is 8.49. The third kappa shape index (κ3) is 3.31. The molecule has 0 N–H and O–H groups in total. The van der Waals surface area contributed by atoms with Crippen molar-refractivity contribution in [2.24, 2.45) is 0 Å². The average molecular weight is 514 g/mol. The summed E-state index contributed by atoms with van der Waals surface area (Å²) in [7, 11) is 0. The summed E-state index contributed by atoms with van der Waals surface area (Å²) >= 11 is 0. The lowest BCUT2D eigenvalue weighted by atomic mass is 9.82. The minimum Gasteiger partial charge on any atom is -0.278 e. The van der Waals surface area contributed by atoms with Crippen molar-refractivity contribution >= 4 is 21.8 Å². The summed E-state index contributed by atoms with van der Waals surface area (Å²) in [5, 5.41) is 2.40. The quantitative estimate of drug-likeness (QED) is 0.236. The SMILES string of the molecule is CC1(C)c2ccccc2-c2cc(-c3ccc4c(c3)c3ccccc3n4-c3ncc(-c4ccccc4)cn3)ccc21. The number of hydrogen-bond donors (Lipinski definition) is 0. The predicted molar refractivity (Wildman–Crippen MR) is 165 cm³/mol. The van der Waals surface area contributed by atoms with Gasteiger partial charge in [0, 0.05) is 34.1 Å². The van der Waals surface area contributed by atoms with Crippen molar-refractivity contribution in [2.75, 3.05) is 0 Å². The molecule has 1 aliphatic carbocycles. The Labute approximate surface area is 233 Å². The van der Waals surface area contributed by atoms with Gasteiger partial charge in [0.25, 0.3) is 0 Å². The van der Waals surface area contributed by atoms with Crippen LogP contribution in [0.2, 0.25) is 0 Å². The van der Waals surface area contributed by atoms with E-state index in [2.05, 4.69) is 115 Å². The number of rotatable bonds is 3. The molecule has 1 aliphatic rings. The van der Waals surface area contributed by atoms with Crippen LogP contribution in [0.5, 0.6) is 0 Å². The monoisotopic (exact) mass is 513 g/mol. The first-order chi connectivity index (χ1) is 19.6. The molecule has 0 unspecified atom stereocenters. The second-order valence-electron chi connectivity index (χ2n) is 11.2. The van der Waals surface area contributed by atoms with E-state index in [0.29, 0.717) is 5.95 Å². The van der Waals surface area contributed by atoms with E-state index in [1.165, 1.54) is 44.2 Å². The van der Waals surface area contributed by atoms with Gasteiger partial charge in [-0.2, -0.15) is 0 Å². The van der Waals surface area contributed by atoms with Crippen LogP contribution in [0.4, 0.5) is 0 Å². The summed E-state index contributed by atoms with van der Waals surface area (Å²) in [5.41, 5.74) is 12.3. The lowest BCUT2D eigenvalue weighted by Gasteiger charge is -2.21. The Morgan fingerprint density at radius 3 is 2.00 bits per heavy atom. The highest BCUT2D eigenvalue weighted by Gasteiger charge is 2.35. The predicted octanol–water partition coefficient (Wildman–Crippen LogP) is 9.21. The largest absolute Gasteiger partial charge is 0.278 e. The molecule has 0 spiro atoms. The summed E-state index contributed by atoms with van der Waals surface area (Å²) in [6.07, 6.45) is 3.83. The molecule has 0 radical (unpaired) electrons. The van der Waals surface area contributed by atoms with E-state index in [4.69, 9.17) is 9.97 Å². The number of para-hydroxylation sites is 1. The second-order valence-corrected chi connectivity index (χ2v) is 11.2. The molecule has 190 valence electrons. The zero-order valence-electron chi connectivity index (χ0n) is 22.5. The molecule has 0 amide bonds.